The van der Waals surface area contributed by atoms with E-state index < -0.39 is 78.1 Å². The summed E-state index contributed by atoms with van der Waals surface area (Å²) in [5, 5.41) is 91.5. The molecule has 0 aromatic heterocycles. The number of hydrogen-bond donors (Lipinski definition) is 0. The molecular weight excluding hydrogens is 853 g/mol. The van der Waals surface area contributed by atoms with E-state index >= 15 is 0 Å². The van der Waals surface area contributed by atoms with Crippen molar-refractivity contribution in [2.24, 2.45) is 23.7 Å². The standard InChI is InChI=1S/C49H46N12O6/c50-19-31-13-35(38(22-53)44(16-31)59-7-1-2-8-59)41(25-56)47(62)65-28-34(29-66-48(63)42(26-57)36-14-32(20-51)17-45(39(36)23-54)60-9-3-4-10-60)30-67-49(64)43(27-58)37-15-33(21-52)18-46(40(37)24-55)61-11-5-6-12-61/h31-34H,1-18,28-30H2/b41-35+,42-36+,43-37+. The Morgan fingerprint density at radius 3 is 0.896 bits per heavy atom. The molecule has 0 amide bonds. The first-order valence-electron chi connectivity index (χ1n) is 22.3. The number of allylic oxidation sites excluding steroid dienone is 9. The molecule has 0 aromatic carbocycles. The van der Waals surface area contributed by atoms with Gasteiger partial charge in [-0.25, -0.2) is 14.4 Å². The Morgan fingerprint density at radius 2 is 0.687 bits per heavy atom. The lowest BCUT2D eigenvalue weighted by molar-refractivity contribution is -0.148. The number of carbonyl (C=O) groups is 3. The highest BCUT2D eigenvalue weighted by Gasteiger charge is 2.37. The Bertz CT molecular complexity index is 2370. The van der Waals surface area contributed by atoms with Gasteiger partial charge in [-0.05, 0) is 74.5 Å². The Labute approximate surface area is 389 Å². The zero-order chi connectivity index (χ0) is 48.0. The van der Waals surface area contributed by atoms with E-state index in [9.17, 15) is 61.7 Å². The van der Waals surface area contributed by atoms with Crippen molar-refractivity contribution in [3.8, 4) is 54.6 Å². The highest BCUT2D eigenvalue weighted by molar-refractivity contribution is 5.96. The van der Waals surface area contributed by atoms with Crippen LogP contribution in [0, 0.1) is 126 Å². The summed E-state index contributed by atoms with van der Waals surface area (Å²) in [7, 11) is 0. The largest absolute Gasteiger partial charge is 0.461 e. The second kappa shape index (κ2) is 22.5. The molecule has 0 aromatic rings. The summed E-state index contributed by atoms with van der Waals surface area (Å²) in [4.78, 5) is 47.4. The van der Waals surface area contributed by atoms with Gasteiger partial charge in [0.1, 0.15) is 73.0 Å². The Balaban J connectivity index is 1.31. The topological polar surface area (TPSA) is 303 Å². The van der Waals surface area contributed by atoms with E-state index in [1.807, 2.05) is 32.9 Å². The minimum Gasteiger partial charge on any atom is -0.461 e. The summed E-state index contributed by atoms with van der Waals surface area (Å²) < 4.78 is 16.8. The Morgan fingerprint density at radius 1 is 0.433 bits per heavy atom. The predicted molar refractivity (Wildman–Crippen MR) is 230 cm³/mol. The van der Waals surface area contributed by atoms with Gasteiger partial charge in [0.2, 0.25) is 0 Å². The van der Waals surface area contributed by atoms with E-state index in [0.29, 0.717) is 56.4 Å². The molecule has 3 aliphatic carbocycles. The van der Waals surface area contributed by atoms with Crippen molar-refractivity contribution in [2.75, 3.05) is 59.1 Å². The smallest absolute Gasteiger partial charge is 0.349 e. The zero-order valence-corrected chi connectivity index (χ0v) is 37.0. The first-order chi connectivity index (χ1) is 32.6. The van der Waals surface area contributed by atoms with Gasteiger partial charge in [-0.2, -0.15) is 47.4 Å². The van der Waals surface area contributed by atoms with Crippen molar-refractivity contribution >= 4 is 17.9 Å². The second-order valence-electron chi connectivity index (χ2n) is 17.1. The van der Waals surface area contributed by atoms with Gasteiger partial charge in [0, 0.05) is 75.6 Å². The molecule has 338 valence electrons. The summed E-state index contributed by atoms with van der Waals surface area (Å²) in [6.45, 7) is 1.86. The number of rotatable bonds is 12. The van der Waals surface area contributed by atoms with Crippen LogP contribution >= 0.6 is 0 Å². The van der Waals surface area contributed by atoms with Gasteiger partial charge >= 0.3 is 17.9 Å². The Kier molecular flexibility index (Phi) is 16.2. The monoisotopic (exact) mass is 898 g/mol. The first-order valence-corrected chi connectivity index (χ1v) is 22.3. The molecule has 6 rings (SSSR count). The van der Waals surface area contributed by atoms with Crippen molar-refractivity contribution < 1.29 is 28.6 Å². The van der Waals surface area contributed by atoms with E-state index in [1.165, 1.54) is 0 Å². The lowest BCUT2D eigenvalue weighted by Crippen LogP contribution is -2.29. The van der Waals surface area contributed by atoms with Gasteiger partial charge in [-0.3, -0.25) is 0 Å². The molecule has 3 unspecified atom stereocenters. The molecule has 0 saturated carbocycles. The molecule has 0 radical (unpaired) electrons. The highest BCUT2D eigenvalue weighted by atomic mass is 16.6. The molecule has 67 heavy (non-hydrogen) atoms. The van der Waals surface area contributed by atoms with Crippen LogP contribution in [0.25, 0.3) is 0 Å². The van der Waals surface area contributed by atoms with Crippen LogP contribution in [-0.2, 0) is 28.6 Å². The van der Waals surface area contributed by atoms with Gasteiger partial charge in [-0.1, -0.05) is 0 Å². The average Bonchev–Trinajstić information content (AvgIpc) is 4.20. The van der Waals surface area contributed by atoms with Gasteiger partial charge in [0.15, 0.2) is 0 Å². The lowest BCUT2D eigenvalue weighted by atomic mass is 9.81. The summed E-state index contributed by atoms with van der Waals surface area (Å²) in [5.74, 6) is -6.63. The third-order valence-electron chi connectivity index (χ3n) is 13.0. The van der Waals surface area contributed by atoms with Crippen molar-refractivity contribution in [3.05, 3.63) is 67.2 Å². The molecule has 6 aliphatic rings. The number of ether oxygens (including phenoxy) is 3. The fourth-order valence-electron chi connectivity index (χ4n) is 9.62. The van der Waals surface area contributed by atoms with Crippen LogP contribution in [0.2, 0.25) is 0 Å². The number of esters is 3. The summed E-state index contributed by atoms with van der Waals surface area (Å²) in [5.41, 5.74) is 0.624. The highest BCUT2D eigenvalue weighted by Crippen LogP contribution is 2.41. The van der Waals surface area contributed by atoms with Crippen molar-refractivity contribution in [1.82, 2.24) is 14.7 Å². The van der Waals surface area contributed by atoms with Crippen molar-refractivity contribution in [1.29, 1.82) is 47.4 Å². The van der Waals surface area contributed by atoms with Crippen LogP contribution in [0.4, 0.5) is 0 Å². The third-order valence-corrected chi connectivity index (χ3v) is 13.0. The summed E-state index contributed by atoms with van der Waals surface area (Å²) in [6, 6.07) is 18.5. The van der Waals surface area contributed by atoms with E-state index in [1.54, 1.807) is 0 Å². The number of nitrogens with zero attached hydrogens (tertiary/aromatic N) is 12. The van der Waals surface area contributed by atoms with Crippen LogP contribution < -0.4 is 0 Å². The van der Waals surface area contributed by atoms with Crippen molar-refractivity contribution in [3.63, 3.8) is 0 Å². The minimum atomic E-state index is -1.21. The third kappa shape index (κ3) is 10.6. The minimum absolute atomic E-state index is 0.0512. The van der Waals surface area contributed by atoms with Gasteiger partial charge in [-0.15, -0.1) is 0 Å². The summed E-state index contributed by atoms with van der Waals surface area (Å²) in [6.07, 6.45) is 5.81. The zero-order valence-electron chi connectivity index (χ0n) is 37.0. The van der Waals surface area contributed by atoms with E-state index in [4.69, 9.17) is 14.2 Å². The van der Waals surface area contributed by atoms with Gasteiger partial charge in [0.05, 0.1) is 58.6 Å². The lowest BCUT2D eigenvalue weighted by Gasteiger charge is -2.30. The molecule has 3 fully saturated rings. The van der Waals surface area contributed by atoms with Crippen LogP contribution in [0.5, 0.6) is 0 Å². The molecule has 0 N–H and O–H groups in total. The average molecular weight is 899 g/mol. The van der Waals surface area contributed by atoms with E-state index in [-0.39, 0.29) is 72.0 Å². The maximum absolute atomic E-state index is 13.8. The molecule has 0 spiro atoms. The fourth-order valence-corrected chi connectivity index (χ4v) is 9.62. The quantitative estimate of drug-likeness (QED) is 0.106. The molecule has 3 atom stereocenters. The number of likely N-dealkylation sites (tertiary alicyclic amines) is 3. The second-order valence-corrected chi connectivity index (χ2v) is 17.1. The van der Waals surface area contributed by atoms with Crippen LogP contribution in [0.15, 0.2) is 67.2 Å². The molecule has 18 heteroatoms. The predicted octanol–water partition coefficient (Wildman–Crippen LogP) is 5.11. The first kappa shape index (κ1) is 48.1. The van der Waals surface area contributed by atoms with E-state index in [0.717, 1.165) is 38.5 Å². The fraction of sp³-hybridized carbons (Fsp3) is 0.510. The van der Waals surface area contributed by atoms with Crippen LogP contribution in [0.1, 0.15) is 77.0 Å². The molecule has 3 heterocycles. The Hall–Kier alpha value is -8.34. The molecule has 0 bridgehead atoms. The molecule has 18 nitrogen and oxygen atoms in total. The van der Waals surface area contributed by atoms with Gasteiger partial charge < -0.3 is 28.9 Å². The van der Waals surface area contributed by atoms with Crippen LogP contribution in [-0.4, -0.2) is 91.7 Å². The van der Waals surface area contributed by atoms with Crippen molar-refractivity contribution in [2.45, 2.75) is 77.0 Å². The maximum Gasteiger partial charge on any atom is 0.349 e. The maximum atomic E-state index is 13.8. The molecule has 3 saturated heterocycles. The molecular formula is C49H46N12O6. The van der Waals surface area contributed by atoms with Gasteiger partial charge in [0.25, 0.3) is 0 Å². The number of hydrogen-bond acceptors (Lipinski definition) is 18. The van der Waals surface area contributed by atoms with E-state index in [2.05, 4.69) is 36.4 Å². The number of carbonyl (C=O) groups excluding carboxylic acids is 3. The number of nitriles is 9. The molecule has 3 aliphatic heterocycles. The normalized spacial score (nSPS) is 24.2. The summed E-state index contributed by atoms with van der Waals surface area (Å²) >= 11 is 0. The SMILES string of the molecule is N#CC1=C(N2CCCC2)CC(C#N)C/C1=C(/C#N)C(=O)OCC(COC(=O)/C(C#N)=C1\CC(C#N)CC(N2CCCC2)=C1C#N)COC(=O)/C(C#N)=C1\CC(C#N)CC(N2CCCC2)=C1C#N. The van der Waals surface area contributed by atoms with Crippen LogP contribution in [0.3, 0.4) is 0 Å².